The van der Waals surface area contributed by atoms with Gasteiger partial charge in [0.1, 0.15) is 17.7 Å². The number of hydrogen-bond acceptors (Lipinski definition) is 7. The first kappa shape index (κ1) is 17.7. The van der Waals surface area contributed by atoms with Crippen molar-refractivity contribution < 1.29 is 28.0 Å². The van der Waals surface area contributed by atoms with Crippen molar-refractivity contribution in [3.63, 3.8) is 0 Å². The zero-order valence-electron chi connectivity index (χ0n) is 14.7. The topological polar surface area (TPSA) is 93.2 Å². The largest absolute Gasteiger partial charge is 0.467 e. The summed E-state index contributed by atoms with van der Waals surface area (Å²) in [7, 11) is 0. The number of Topliss-reactive ketones (excluding diaryl/α,β-unsaturated/α-hetero) is 2. The highest BCUT2D eigenvalue weighted by Crippen LogP contribution is 2.38. The predicted octanol–water partition coefficient (Wildman–Crippen LogP) is 1.16. The van der Waals surface area contributed by atoms with Crippen LogP contribution in [0.25, 0.3) is 0 Å². The van der Waals surface area contributed by atoms with Crippen LogP contribution in [0, 0.1) is 5.92 Å². The summed E-state index contributed by atoms with van der Waals surface area (Å²) in [5.74, 6) is -2.57. The average molecular weight is 372 g/mol. The second-order valence-corrected chi connectivity index (χ2v) is 6.60. The molecule has 27 heavy (non-hydrogen) atoms. The molecular formula is C19H20N2O6. The number of morpholine rings is 1. The predicted molar refractivity (Wildman–Crippen MR) is 92.0 cm³/mol. The van der Waals surface area contributed by atoms with E-state index in [1.54, 1.807) is 18.2 Å². The highest BCUT2D eigenvalue weighted by atomic mass is 16.5. The molecule has 142 valence electrons. The molecule has 2 fully saturated rings. The number of carbonyl (C=O) groups is 3. The minimum absolute atomic E-state index is 0.0627. The Balaban J connectivity index is 1.60. The van der Waals surface area contributed by atoms with Gasteiger partial charge in [0.15, 0.2) is 5.76 Å². The van der Waals surface area contributed by atoms with Gasteiger partial charge in [-0.05, 0) is 24.3 Å². The SMILES string of the molecule is O=C1C(=O)N(CCN2CCOCC2)C(c2ccco2)C1C(=O)c1ccco1. The van der Waals surface area contributed by atoms with Gasteiger partial charge in [-0.15, -0.1) is 0 Å². The molecule has 2 saturated heterocycles. The van der Waals surface area contributed by atoms with Gasteiger partial charge in [-0.25, -0.2) is 0 Å². The van der Waals surface area contributed by atoms with Crippen molar-refractivity contribution in [1.29, 1.82) is 0 Å². The maximum Gasteiger partial charge on any atom is 0.291 e. The molecule has 2 aromatic heterocycles. The van der Waals surface area contributed by atoms with Crippen molar-refractivity contribution in [2.45, 2.75) is 6.04 Å². The van der Waals surface area contributed by atoms with Gasteiger partial charge in [0.05, 0.1) is 25.7 Å². The van der Waals surface area contributed by atoms with E-state index in [2.05, 4.69) is 4.90 Å². The lowest BCUT2D eigenvalue weighted by atomic mass is 9.91. The van der Waals surface area contributed by atoms with Crippen LogP contribution in [0.15, 0.2) is 45.6 Å². The van der Waals surface area contributed by atoms with Crippen LogP contribution < -0.4 is 0 Å². The molecule has 4 heterocycles. The summed E-state index contributed by atoms with van der Waals surface area (Å²) in [5.41, 5.74) is 0. The van der Waals surface area contributed by atoms with Crippen molar-refractivity contribution in [3.8, 4) is 0 Å². The lowest BCUT2D eigenvalue weighted by Crippen LogP contribution is -2.42. The summed E-state index contributed by atoms with van der Waals surface area (Å²) >= 11 is 0. The number of carbonyl (C=O) groups excluding carboxylic acids is 3. The molecule has 2 unspecified atom stereocenters. The van der Waals surface area contributed by atoms with Crippen molar-refractivity contribution in [1.82, 2.24) is 9.80 Å². The molecule has 0 aliphatic carbocycles. The van der Waals surface area contributed by atoms with Crippen molar-refractivity contribution in [3.05, 3.63) is 48.3 Å². The van der Waals surface area contributed by atoms with Crippen molar-refractivity contribution in [2.24, 2.45) is 5.92 Å². The fraction of sp³-hybridized carbons (Fsp3) is 0.421. The first-order chi connectivity index (χ1) is 13.2. The van der Waals surface area contributed by atoms with Crippen LogP contribution in [0.5, 0.6) is 0 Å². The molecule has 0 N–H and O–H groups in total. The lowest BCUT2D eigenvalue weighted by Gasteiger charge is -2.30. The Bertz CT molecular complexity index is 807. The minimum Gasteiger partial charge on any atom is -0.467 e. The molecule has 0 aromatic carbocycles. The van der Waals surface area contributed by atoms with E-state index in [9.17, 15) is 14.4 Å². The Labute approximate surface area is 155 Å². The van der Waals surface area contributed by atoms with Crippen LogP contribution in [0.3, 0.4) is 0 Å². The molecule has 2 aliphatic heterocycles. The van der Waals surface area contributed by atoms with E-state index in [1.165, 1.54) is 23.5 Å². The van der Waals surface area contributed by atoms with Gasteiger partial charge in [-0.1, -0.05) is 0 Å². The molecule has 2 atom stereocenters. The standard InChI is InChI=1S/C19H20N2O6/c22-17(14-4-2-10-27-14)15-16(13-3-1-9-26-13)21(19(24)18(15)23)6-5-20-7-11-25-12-8-20/h1-4,9-10,15-16H,5-8,11-12H2. The maximum absolute atomic E-state index is 12.9. The second kappa shape index (κ2) is 7.50. The number of nitrogens with zero attached hydrogens (tertiary/aromatic N) is 2. The fourth-order valence-electron chi connectivity index (χ4n) is 3.65. The number of likely N-dealkylation sites (tertiary alicyclic amines) is 1. The average Bonchev–Trinajstić information content (AvgIpc) is 3.43. The first-order valence-corrected chi connectivity index (χ1v) is 8.93. The second-order valence-electron chi connectivity index (χ2n) is 6.60. The molecular weight excluding hydrogens is 352 g/mol. The summed E-state index contributed by atoms with van der Waals surface area (Å²) in [6.45, 7) is 3.77. The molecule has 1 amide bonds. The first-order valence-electron chi connectivity index (χ1n) is 8.93. The van der Waals surface area contributed by atoms with Crippen LogP contribution in [0.1, 0.15) is 22.4 Å². The Morgan fingerprint density at radius 1 is 1.04 bits per heavy atom. The van der Waals surface area contributed by atoms with E-state index >= 15 is 0 Å². The highest BCUT2D eigenvalue weighted by molar-refractivity contribution is 6.43. The van der Waals surface area contributed by atoms with Gasteiger partial charge in [0, 0.05) is 26.2 Å². The van der Waals surface area contributed by atoms with Gasteiger partial charge in [0.25, 0.3) is 5.91 Å². The Morgan fingerprint density at radius 2 is 1.78 bits per heavy atom. The van der Waals surface area contributed by atoms with Crippen molar-refractivity contribution in [2.75, 3.05) is 39.4 Å². The number of rotatable bonds is 6. The Hall–Kier alpha value is -2.71. The van der Waals surface area contributed by atoms with Gasteiger partial charge in [-0.2, -0.15) is 0 Å². The van der Waals surface area contributed by atoms with Crippen LogP contribution in [-0.4, -0.2) is 66.7 Å². The van der Waals surface area contributed by atoms with Crippen LogP contribution in [-0.2, 0) is 14.3 Å². The number of ether oxygens (including phenoxy) is 1. The zero-order valence-corrected chi connectivity index (χ0v) is 14.7. The van der Waals surface area contributed by atoms with Gasteiger partial charge in [-0.3, -0.25) is 19.3 Å². The molecule has 0 bridgehead atoms. The quantitative estimate of drug-likeness (QED) is 0.427. The maximum atomic E-state index is 12.9. The van der Waals surface area contributed by atoms with Gasteiger partial charge in [0.2, 0.25) is 11.6 Å². The number of ketones is 2. The highest BCUT2D eigenvalue weighted by Gasteiger charge is 2.53. The summed E-state index contributed by atoms with van der Waals surface area (Å²) in [4.78, 5) is 41.8. The smallest absolute Gasteiger partial charge is 0.291 e. The molecule has 2 aliphatic rings. The Kier molecular flexibility index (Phi) is 4.91. The summed E-state index contributed by atoms with van der Waals surface area (Å²) in [6.07, 6.45) is 2.84. The van der Waals surface area contributed by atoms with E-state index in [1.807, 2.05) is 0 Å². The van der Waals surface area contributed by atoms with Gasteiger partial charge >= 0.3 is 0 Å². The van der Waals surface area contributed by atoms with E-state index < -0.39 is 29.4 Å². The number of hydrogen-bond donors (Lipinski definition) is 0. The number of amides is 1. The van der Waals surface area contributed by atoms with Crippen LogP contribution in [0.4, 0.5) is 0 Å². The zero-order chi connectivity index (χ0) is 18.8. The van der Waals surface area contributed by atoms with E-state index in [-0.39, 0.29) is 5.76 Å². The molecule has 0 radical (unpaired) electrons. The molecule has 2 aromatic rings. The van der Waals surface area contributed by atoms with E-state index in [0.717, 1.165) is 13.1 Å². The monoisotopic (exact) mass is 372 g/mol. The van der Waals surface area contributed by atoms with Crippen LogP contribution in [0.2, 0.25) is 0 Å². The Morgan fingerprint density at radius 3 is 2.44 bits per heavy atom. The summed E-state index contributed by atoms with van der Waals surface area (Å²) in [5, 5.41) is 0. The molecule has 0 spiro atoms. The third kappa shape index (κ3) is 3.33. The molecule has 0 saturated carbocycles. The third-order valence-electron chi connectivity index (χ3n) is 5.05. The van der Waals surface area contributed by atoms with Crippen molar-refractivity contribution >= 4 is 17.5 Å². The van der Waals surface area contributed by atoms with E-state index in [4.69, 9.17) is 13.6 Å². The van der Waals surface area contributed by atoms with Gasteiger partial charge < -0.3 is 18.5 Å². The summed E-state index contributed by atoms with van der Waals surface area (Å²) < 4.78 is 16.0. The van der Waals surface area contributed by atoms with Crippen LogP contribution >= 0.6 is 0 Å². The minimum atomic E-state index is -1.17. The molecule has 8 heteroatoms. The lowest BCUT2D eigenvalue weighted by molar-refractivity contribution is -0.141. The fourth-order valence-corrected chi connectivity index (χ4v) is 3.65. The molecule has 4 rings (SSSR count). The number of furan rings is 2. The summed E-state index contributed by atoms with van der Waals surface area (Å²) in [6, 6.07) is 5.67. The normalized spacial score (nSPS) is 23.9. The third-order valence-corrected chi connectivity index (χ3v) is 5.05. The molecule has 8 nitrogen and oxygen atoms in total. The van der Waals surface area contributed by atoms with E-state index in [0.29, 0.717) is 32.1 Å².